The summed E-state index contributed by atoms with van der Waals surface area (Å²) in [5, 5.41) is 22.7. The van der Waals surface area contributed by atoms with Crippen LogP contribution in [-0.4, -0.2) is 22.9 Å². The average Bonchev–Trinajstić information content (AvgIpc) is 2.28. The number of aliphatic hydroxyl groups excluding tert-OH is 2. The summed E-state index contributed by atoms with van der Waals surface area (Å²) in [5.41, 5.74) is 8.07. The van der Waals surface area contributed by atoms with Crippen LogP contribution in [0.2, 0.25) is 0 Å². The Bertz CT molecular complexity index is 417. The fourth-order valence-corrected chi connectivity index (χ4v) is 1.95. The van der Waals surface area contributed by atoms with E-state index < -0.39 is 18.0 Å². The van der Waals surface area contributed by atoms with E-state index in [9.17, 15) is 14.6 Å². The SMILES string of the molecule is [N-]=[N+]=NCCC(O)C(O)c1c(F)cccc1Br. The van der Waals surface area contributed by atoms with Gasteiger partial charge in [0.15, 0.2) is 0 Å². The van der Waals surface area contributed by atoms with E-state index in [4.69, 9.17) is 5.53 Å². The molecule has 0 fully saturated rings. The summed E-state index contributed by atoms with van der Waals surface area (Å²) in [7, 11) is 0. The number of halogens is 2. The number of benzene rings is 1. The fourth-order valence-electron chi connectivity index (χ4n) is 1.38. The molecule has 0 bridgehead atoms. The number of hydrogen-bond acceptors (Lipinski definition) is 3. The van der Waals surface area contributed by atoms with Gasteiger partial charge in [-0.3, -0.25) is 0 Å². The highest BCUT2D eigenvalue weighted by molar-refractivity contribution is 9.10. The summed E-state index contributed by atoms with van der Waals surface area (Å²) < 4.78 is 13.8. The second kappa shape index (κ2) is 6.56. The normalized spacial score (nSPS) is 13.9. The predicted octanol–water partition coefficient (Wildman–Crippen LogP) is 2.68. The lowest BCUT2D eigenvalue weighted by atomic mass is 10.0. The van der Waals surface area contributed by atoms with Crippen molar-refractivity contribution >= 4 is 15.9 Å². The minimum Gasteiger partial charge on any atom is -0.390 e. The molecule has 0 spiro atoms. The van der Waals surface area contributed by atoms with Crippen LogP contribution in [0.4, 0.5) is 4.39 Å². The van der Waals surface area contributed by atoms with Gasteiger partial charge in [-0.05, 0) is 24.1 Å². The largest absolute Gasteiger partial charge is 0.390 e. The third-order valence-corrected chi connectivity index (χ3v) is 2.94. The van der Waals surface area contributed by atoms with Gasteiger partial charge in [0.25, 0.3) is 0 Å². The molecular weight excluding hydrogens is 293 g/mol. The Balaban J connectivity index is 2.81. The Hall–Kier alpha value is -1.14. The first-order valence-corrected chi connectivity index (χ1v) is 5.68. The van der Waals surface area contributed by atoms with E-state index in [0.29, 0.717) is 4.47 Å². The van der Waals surface area contributed by atoms with Gasteiger partial charge in [-0.2, -0.15) is 0 Å². The zero-order valence-electron chi connectivity index (χ0n) is 8.79. The van der Waals surface area contributed by atoms with Gasteiger partial charge in [0.2, 0.25) is 0 Å². The van der Waals surface area contributed by atoms with Crippen molar-refractivity contribution in [3.05, 3.63) is 44.5 Å². The van der Waals surface area contributed by atoms with Crippen LogP contribution < -0.4 is 0 Å². The zero-order valence-corrected chi connectivity index (χ0v) is 10.4. The van der Waals surface area contributed by atoms with Gasteiger partial charge in [0.1, 0.15) is 11.9 Å². The monoisotopic (exact) mass is 303 g/mol. The van der Waals surface area contributed by atoms with Crippen molar-refractivity contribution in [2.75, 3.05) is 6.54 Å². The van der Waals surface area contributed by atoms with Crippen LogP contribution in [0.5, 0.6) is 0 Å². The van der Waals surface area contributed by atoms with Crippen LogP contribution in [0.15, 0.2) is 27.8 Å². The van der Waals surface area contributed by atoms with Crippen LogP contribution in [0.25, 0.3) is 10.4 Å². The molecular formula is C10H11BrFN3O2. The lowest BCUT2D eigenvalue weighted by Gasteiger charge is -2.19. The lowest BCUT2D eigenvalue weighted by Crippen LogP contribution is -2.20. The van der Waals surface area contributed by atoms with Gasteiger partial charge >= 0.3 is 0 Å². The first kappa shape index (κ1) is 13.9. The lowest BCUT2D eigenvalue weighted by molar-refractivity contribution is 0.0125. The summed E-state index contributed by atoms with van der Waals surface area (Å²) in [6, 6.07) is 4.26. The van der Waals surface area contributed by atoms with E-state index >= 15 is 0 Å². The van der Waals surface area contributed by atoms with Crippen LogP contribution >= 0.6 is 15.9 Å². The van der Waals surface area contributed by atoms with Crippen molar-refractivity contribution < 1.29 is 14.6 Å². The molecule has 0 aliphatic rings. The molecule has 2 N–H and O–H groups in total. The molecule has 2 atom stereocenters. The highest BCUT2D eigenvalue weighted by atomic mass is 79.9. The van der Waals surface area contributed by atoms with Crippen LogP contribution in [0.3, 0.4) is 0 Å². The Morgan fingerprint density at radius 1 is 1.47 bits per heavy atom. The maximum absolute atomic E-state index is 13.5. The average molecular weight is 304 g/mol. The third-order valence-electron chi connectivity index (χ3n) is 2.25. The summed E-state index contributed by atoms with van der Waals surface area (Å²) in [4.78, 5) is 2.52. The van der Waals surface area contributed by atoms with Crippen LogP contribution in [-0.2, 0) is 0 Å². The number of hydrogen-bond donors (Lipinski definition) is 2. The zero-order chi connectivity index (χ0) is 12.8. The summed E-state index contributed by atoms with van der Waals surface area (Å²) in [5.74, 6) is -0.602. The van der Waals surface area contributed by atoms with E-state index in [2.05, 4.69) is 26.0 Å². The van der Waals surface area contributed by atoms with Gasteiger partial charge in [-0.15, -0.1) is 0 Å². The fraction of sp³-hybridized carbons (Fsp3) is 0.400. The maximum Gasteiger partial charge on any atom is 0.130 e. The maximum atomic E-state index is 13.5. The van der Waals surface area contributed by atoms with Crippen molar-refractivity contribution in [1.82, 2.24) is 0 Å². The first-order valence-electron chi connectivity index (χ1n) is 4.88. The van der Waals surface area contributed by atoms with Crippen molar-refractivity contribution in [2.24, 2.45) is 5.11 Å². The first-order chi connectivity index (χ1) is 8.07. The predicted molar refractivity (Wildman–Crippen MR) is 63.7 cm³/mol. The van der Waals surface area contributed by atoms with Crippen molar-refractivity contribution in [3.63, 3.8) is 0 Å². The summed E-state index contributed by atoms with van der Waals surface area (Å²) >= 11 is 3.10. The minimum absolute atomic E-state index is 0.000868. The summed E-state index contributed by atoms with van der Waals surface area (Å²) in [6.45, 7) is 0.0425. The van der Waals surface area contributed by atoms with Crippen LogP contribution in [0, 0.1) is 5.82 Å². The molecule has 0 aromatic heterocycles. The van der Waals surface area contributed by atoms with E-state index in [1.54, 1.807) is 6.07 Å². The highest BCUT2D eigenvalue weighted by Crippen LogP contribution is 2.29. The van der Waals surface area contributed by atoms with Crippen molar-refractivity contribution in [2.45, 2.75) is 18.6 Å². The number of aliphatic hydroxyl groups is 2. The molecule has 0 saturated heterocycles. The molecule has 1 rings (SSSR count). The van der Waals surface area contributed by atoms with E-state index in [1.807, 2.05) is 0 Å². The smallest absolute Gasteiger partial charge is 0.130 e. The molecule has 0 heterocycles. The summed E-state index contributed by atoms with van der Waals surface area (Å²) in [6.07, 6.45) is -2.49. The Morgan fingerprint density at radius 2 is 2.18 bits per heavy atom. The Kier molecular flexibility index (Phi) is 5.37. The van der Waals surface area contributed by atoms with E-state index in [1.165, 1.54) is 12.1 Å². The molecule has 1 aromatic rings. The number of rotatable bonds is 5. The molecule has 17 heavy (non-hydrogen) atoms. The third kappa shape index (κ3) is 3.67. The Labute approximate surface area is 106 Å². The van der Waals surface area contributed by atoms with Gasteiger partial charge in [0.05, 0.1) is 6.10 Å². The molecule has 0 radical (unpaired) electrons. The molecule has 0 aliphatic carbocycles. The molecule has 0 aliphatic heterocycles. The van der Waals surface area contributed by atoms with Gasteiger partial charge in [0, 0.05) is 21.5 Å². The topological polar surface area (TPSA) is 89.2 Å². The minimum atomic E-state index is -1.36. The highest BCUT2D eigenvalue weighted by Gasteiger charge is 2.23. The van der Waals surface area contributed by atoms with Gasteiger partial charge in [-0.25, -0.2) is 4.39 Å². The van der Waals surface area contributed by atoms with Crippen LogP contribution in [0.1, 0.15) is 18.1 Å². The van der Waals surface area contributed by atoms with E-state index in [-0.39, 0.29) is 18.5 Å². The van der Waals surface area contributed by atoms with Crippen molar-refractivity contribution in [1.29, 1.82) is 0 Å². The van der Waals surface area contributed by atoms with Gasteiger partial charge < -0.3 is 10.2 Å². The second-order valence-corrected chi connectivity index (χ2v) is 4.25. The Morgan fingerprint density at radius 3 is 2.76 bits per heavy atom. The number of azide groups is 1. The van der Waals surface area contributed by atoms with Gasteiger partial charge in [-0.1, -0.05) is 27.1 Å². The molecule has 2 unspecified atom stereocenters. The molecule has 0 amide bonds. The standard InChI is InChI=1S/C10H11BrFN3O2/c11-6-2-1-3-7(12)9(6)10(17)8(16)4-5-14-15-13/h1-3,8,10,16-17H,4-5H2. The molecule has 92 valence electrons. The molecule has 0 saturated carbocycles. The molecule has 5 nitrogen and oxygen atoms in total. The second-order valence-electron chi connectivity index (χ2n) is 3.39. The molecule has 7 heteroatoms. The van der Waals surface area contributed by atoms with E-state index in [0.717, 1.165) is 0 Å². The van der Waals surface area contributed by atoms with Crippen molar-refractivity contribution in [3.8, 4) is 0 Å². The quantitative estimate of drug-likeness (QED) is 0.497. The number of nitrogens with zero attached hydrogens (tertiary/aromatic N) is 3. The molecule has 1 aromatic carbocycles.